The molecule has 0 unspecified atom stereocenters. The molecule has 2 heterocycles. The highest BCUT2D eigenvalue weighted by atomic mass is 32.2. The number of para-hydroxylation sites is 1. The van der Waals surface area contributed by atoms with Crippen molar-refractivity contribution in [1.82, 2.24) is 19.9 Å². The highest BCUT2D eigenvalue weighted by Crippen LogP contribution is 2.29. The lowest BCUT2D eigenvalue weighted by Gasteiger charge is -2.32. The van der Waals surface area contributed by atoms with Gasteiger partial charge in [-0.05, 0) is 37.8 Å². The smallest absolute Gasteiger partial charge is 0.358 e. The molecule has 0 amide bonds. The Bertz CT molecular complexity index is 1010. The molecule has 0 saturated carbocycles. The van der Waals surface area contributed by atoms with Crippen LogP contribution in [0.4, 0.5) is 13.2 Å². The van der Waals surface area contributed by atoms with Crippen molar-refractivity contribution in [3.8, 4) is 0 Å². The highest BCUT2D eigenvalue weighted by molar-refractivity contribution is 7.90. The molecule has 3 rings (SSSR count). The van der Waals surface area contributed by atoms with Gasteiger partial charge in [-0.3, -0.25) is 4.99 Å². The number of sulfonamides is 1. The molecule has 30 heavy (non-hydrogen) atoms. The molecule has 0 spiro atoms. The van der Waals surface area contributed by atoms with Crippen molar-refractivity contribution >= 4 is 26.9 Å². The number of H-pyrrole nitrogens is 1. The number of halogens is 3. The molecule has 1 aliphatic heterocycles. The maximum absolute atomic E-state index is 12.7. The van der Waals surface area contributed by atoms with Crippen LogP contribution in [0.5, 0.6) is 0 Å². The van der Waals surface area contributed by atoms with Gasteiger partial charge < -0.3 is 15.6 Å². The van der Waals surface area contributed by atoms with Crippen LogP contribution in [0.2, 0.25) is 0 Å². The van der Waals surface area contributed by atoms with Crippen molar-refractivity contribution < 1.29 is 21.6 Å². The standard InChI is InChI=1S/C19H26F3N5O2S/c1-13-15(16-5-3-4-6-17(16)25-13)7-10-24-18(23-2)26-14-8-11-27(12-9-14)30(28,29)19(20,21)22/h3-6,14,25H,7-12H2,1-2H3,(H2,23,24,26). The average molecular weight is 446 g/mol. The summed E-state index contributed by atoms with van der Waals surface area (Å²) in [6, 6.07) is 7.94. The molecule has 1 aromatic heterocycles. The van der Waals surface area contributed by atoms with Gasteiger partial charge in [0.25, 0.3) is 0 Å². The van der Waals surface area contributed by atoms with Gasteiger partial charge in [0, 0.05) is 49.3 Å². The van der Waals surface area contributed by atoms with E-state index in [1.165, 1.54) is 10.9 Å². The molecule has 7 nitrogen and oxygen atoms in total. The maximum atomic E-state index is 12.7. The van der Waals surface area contributed by atoms with Crippen LogP contribution in [0.3, 0.4) is 0 Å². The van der Waals surface area contributed by atoms with Crippen molar-refractivity contribution in [2.24, 2.45) is 4.99 Å². The second-order valence-electron chi connectivity index (χ2n) is 7.29. The number of aliphatic imine (C=N–C) groups is 1. The van der Waals surface area contributed by atoms with Gasteiger partial charge in [-0.2, -0.15) is 17.5 Å². The summed E-state index contributed by atoms with van der Waals surface area (Å²) < 4.78 is 61.6. The number of guanidine groups is 1. The van der Waals surface area contributed by atoms with E-state index < -0.39 is 15.5 Å². The number of benzene rings is 1. The molecular weight excluding hydrogens is 419 g/mol. The van der Waals surface area contributed by atoms with Gasteiger partial charge in [-0.1, -0.05) is 18.2 Å². The average Bonchev–Trinajstić information content (AvgIpc) is 3.02. The van der Waals surface area contributed by atoms with Gasteiger partial charge in [0.05, 0.1) is 0 Å². The number of aryl methyl sites for hydroxylation is 1. The molecule has 11 heteroatoms. The largest absolute Gasteiger partial charge is 0.511 e. The Morgan fingerprint density at radius 1 is 1.27 bits per heavy atom. The van der Waals surface area contributed by atoms with Crippen LogP contribution in [0, 0.1) is 6.92 Å². The fourth-order valence-electron chi connectivity index (χ4n) is 3.74. The third-order valence-electron chi connectivity index (χ3n) is 5.35. The third-order valence-corrected chi connectivity index (χ3v) is 6.98. The van der Waals surface area contributed by atoms with Crippen LogP contribution in [0.1, 0.15) is 24.1 Å². The maximum Gasteiger partial charge on any atom is 0.511 e. The molecule has 1 aliphatic rings. The molecule has 1 fully saturated rings. The number of fused-ring (bicyclic) bond motifs is 1. The Morgan fingerprint density at radius 2 is 1.93 bits per heavy atom. The number of piperidine rings is 1. The van der Waals surface area contributed by atoms with E-state index in [1.54, 1.807) is 7.05 Å². The summed E-state index contributed by atoms with van der Waals surface area (Å²) >= 11 is 0. The van der Waals surface area contributed by atoms with Crippen LogP contribution < -0.4 is 10.6 Å². The Labute approximate surface area is 173 Å². The molecule has 0 bridgehead atoms. The Balaban J connectivity index is 1.51. The summed E-state index contributed by atoms with van der Waals surface area (Å²) in [5.74, 6) is 0.546. The molecule has 1 aromatic carbocycles. The molecule has 1 saturated heterocycles. The highest BCUT2D eigenvalue weighted by Gasteiger charge is 2.50. The molecule has 0 radical (unpaired) electrons. The SMILES string of the molecule is CN=C(NCCc1c(C)[nH]c2ccccc12)NC1CCN(S(=O)(=O)C(F)(F)F)CC1. The van der Waals surface area contributed by atoms with E-state index in [2.05, 4.69) is 26.7 Å². The Hall–Kier alpha value is -2.27. The summed E-state index contributed by atoms with van der Waals surface area (Å²) in [6.07, 6.45) is 1.33. The molecule has 166 valence electrons. The molecule has 0 atom stereocenters. The van der Waals surface area contributed by atoms with E-state index in [0.29, 0.717) is 16.8 Å². The molecule has 0 aliphatic carbocycles. The summed E-state index contributed by atoms with van der Waals surface area (Å²) in [4.78, 5) is 7.53. The number of aromatic nitrogens is 1. The van der Waals surface area contributed by atoms with Crippen LogP contribution in [0.25, 0.3) is 10.9 Å². The van der Waals surface area contributed by atoms with Gasteiger partial charge in [-0.25, -0.2) is 8.42 Å². The zero-order valence-corrected chi connectivity index (χ0v) is 17.7. The topological polar surface area (TPSA) is 89.6 Å². The first-order valence-corrected chi connectivity index (χ1v) is 11.2. The number of hydrogen-bond donors (Lipinski definition) is 3. The second-order valence-corrected chi connectivity index (χ2v) is 9.22. The van der Waals surface area contributed by atoms with E-state index >= 15 is 0 Å². The number of rotatable bonds is 5. The third kappa shape index (κ3) is 4.72. The van der Waals surface area contributed by atoms with Gasteiger partial charge in [0.1, 0.15) is 0 Å². The first kappa shape index (κ1) is 22.4. The summed E-state index contributed by atoms with van der Waals surface area (Å²) in [5.41, 5.74) is -1.84. The van der Waals surface area contributed by atoms with Crippen LogP contribution in [0.15, 0.2) is 29.3 Å². The van der Waals surface area contributed by atoms with Crippen molar-refractivity contribution in [3.63, 3.8) is 0 Å². The zero-order chi connectivity index (χ0) is 21.9. The quantitative estimate of drug-likeness (QED) is 0.487. The fraction of sp³-hybridized carbons (Fsp3) is 0.526. The van der Waals surface area contributed by atoms with Crippen molar-refractivity contribution in [1.29, 1.82) is 0 Å². The van der Waals surface area contributed by atoms with E-state index in [0.717, 1.165) is 17.6 Å². The fourth-order valence-corrected chi connectivity index (χ4v) is 4.72. The normalized spacial score (nSPS) is 17.4. The minimum atomic E-state index is -5.26. The predicted octanol–water partition coefficient (Wildman–Crippen LogP) is 2.50. The van der Waals surface area contributed by atoms with Gasteiger partial charge in [0.15, 0.2) is 5.96 Å². The van der Waals surface area contributed by atoms with Crippen LogP contribution in [-0.4, -0.2) is 61.9 Å². The van der Waals surface area contributed by atoms with E-state index in [9.17, 15) is 21.6 Å². The summed E-state index contributed by atoms with van der Waals surface area (Å²) in [6.45, 7) is 2.31. The van der Waals surface area contributed by atoms with Crippen LogP contribution >= 0.6 is 0 Å². The van der Waals surface area contributed by atoms with Crippen molar-refractivity contribution in [2.75, 3.05) is 26.7 Å². The predicted molar refractivity (Wildman–Crippen MR) is 111 cm³/mol. The minimum absolute atomic E-state index is 0.147. The lowest BCUT2D eigenvalue weighted by atomic mass is 10.1. The molecule has 2 aromatic rings. The molecular formula is C19H26F3N5O2S. The number of hydrogen-bond acceptors (Lipinski definition) is 3. The van der Waals surface area contributed by atoms with Gasteiger partial charge in [0.2, 0.25) is 0 Å². The lowest BCUT2D eigenvalue weighted by molar-refractivity contribution is -0.0494. The van der Waals surface area contributed by atoms with Crippen molar-refractivity contribution in [2.45, 2.75) is 37.7 Å². The zero-order valence-electron chi connectivity index (χ0n) is 16.9. The van der Waals surface area contributed by atoms with E-state index in [1.807, 2.05) is 25.1 Å². The molecule has 3 N–H and O–H groups in total. The Morgan fingerprint density at radius 3 is 2.57 bits per heavy atom. The summed E-state index contributed by atoms with van der Waals surface area (Å²) in [5, 5.41) is 7.58. The Kier molecular flexibility index (Phi) is 6.61. The van der Waals surface area contributed by atoms with E-state index in [4.69, 9.17) is 0 Å². The van der Waals surface area contributed by atoms with Gasteiger partial charge >= 0.3 is 15.5 Å². The second kappa shape index (κ2) is 8.84. The number of aromatic amines is 1. The first-order chi connectivity index (χ1) is 14.1. The number of nitrogens with one attached hydrogen (secondary N) is 3. The van der Waals surface area contributed by atoms with Gasteiger partial charge in [-0.15, -0.1) is 0 Å². The first-order valence-electron chi connectivity index (χ1n) is 9.73. The number of nitrogens with zero attached hydrogens (tertiary/aromatic N) is 2. The monoisotopic (exact) mass is 445 g/mol. The van der Waals surface area contributed by atoms with Crippen LogP contribution in [-0.2, 0) is 16.4 Å². The minimum Gasteiger partial charge on any atom is -0.358 e. The number of alkyl halides is 3. The van der Waals surface area contributed by atoms with Crippen molar-refractivity contribution in [3.05, 3.63) is 35.5 Å². The lowest BCUT2D eigenvalue weighted by Crippen LogP contribution is -2.51. The van der Waals surface area contributed by atoms with E-state index in [-0.39, 0.29) is 32.0 Å². The summed E-state index contributed by atoms with van der Waals surface area (Å²) in [7, 11) is -3.64.